The van der Waals surface area contributed by atoms with Crippen LogP contribution in [0.15, 0.2) is 0 Å². The van der Waals surface area contributed by atoms with Crippen LogP contribution in [0.2, 0.25) is 0 Å². The van der Waals surface area contributed by atoms with Gasteiger partial charge < -0.3 is 4.90 Å². The van der Waals surface area contributed by atoms with Crippen LogP contribution in [-0.2, 0) is 0 Å². The van der Waals surface area contributed by atoms with Crippen LogP contribution in [0, 0.1) is 11.8 Å². The number of hydrogen-bond donors (Lipinski definition) is 0. The van der Waals surface area contributed by atoms with Gasteiger partial charge in [0, 0.05) is 12.6 Å². The monoisotopic (exact) mass is 296 g/mol. The number of rotatable bonds is 11. The van der Waals surface area contributed by atoms with Gasteiger partial charge >= 0.3 is 0 Å². The predicted octanol–water partition coefficient (Wildman–Crippen LogP) is 4.65. The molecule has 0 spiro atoms. The molecule has 2 heteroatoms. The second-order valence-electron chi connectivity index (χ2n) is 7.96. The normalized spacial score (nSPS) is 18.3. The summed E-state index contributed by atoms with van der Waals surface area (Å²) in [5.74, 6) is 1.68. The Bertz CT molecular complexity index is 244. The van der Waals surface area contributed by atoms with Gasteiger partial charge in [0.15, 0.2) is 0 Å². The largest absolute Gasteiger partial charge is 0.302 e. The van der Waals surface area contributed by atoms with Crippen molar-refractivity contribution in [3.05, 3.63) is 0 Å². The van der Waals surface area contributed by atoms with E-state index in [2.05, 4.69) is 44.4 Å². The average Bonchev–Trinajstić information content (AvgIpc) is 2.89. The van der Waals surface area contributed by atoms with E-state index in [1.807, 2.05) is 0 Å². The molecule has 0 aromatic carbocycles. The SMILES string of the molecule is CC(C)CCCCN(CCC(C)C)C(C)CN1CCCC1. The fraction of sp³-hybridized carbons (Fsp3) is 1.00. The summed E-state index contributed by atoms with van der Waals surface area (Å²) in [6.45, 7) is 18.3. The van der Waals surface area contributed by atoms with Crippen LogP contribution in [-0.4, -0.2) is 48.6 Å². The fourth-order valence-corrected chi connectivity index (χ4v) is 3.30. The molecule has 1 aliphatic heterocycles. The van der Waals surface area contributed by atoms with Gasteiger partial charge in [0.05, 0.1) is 0 Å². The Morgan fingerprint density at radius 2 is 1.43 bits per heavy atom. The summed E-state index contributed by atoms with van der Waals surface area (Å²) in [6, 6.07) is 0.723. The van der Waals surface area contributed by atoms with Crippen LogP contribution >= 0.6 is 0 Å². The first-order valence-corrected chi connectivity index (χ1v) is 9.45. The molecular formula is C19H40N2. The second-order valence-corrected chi connectivity index (χ2v) is 7.96. The predicted molar refractivity (Wildman–Crippen MR) is 94.9 cm³/mol. The molecule has 0 amide bonds. The first-order chi connectivity index (χ1) is 9.99. The summed E-state index contributed by atoms with van der Waals surface area (Å²) in [5.41, 5.74) is 0. The Hall–Kier alpha value is -0.0800. The lowest BCUT2D eigenvalue weighted by Gasteiger charge is -2.32. The van der Waals surface area contributed by atoms with Gasteiger partial charge in [-0.3, -0.25) is 4.90 Å². The molecule has 0 aromatic heterocycles. The minimum absolute atomic E-state index is 0.723. The summed E-state index contributed by atoms with van der Waals surface area (Å²) in [7, 11) is 0. The van der Waals surface area contributed by atoms with Gasteiger partial charge in [-0.2, -0.15) is 0 Å². The third kappa shape index (κ3) is 8.83. The van der Waals surface area contributed by atoms with E-state index in [-0.39, 0.29) is 0 Å². The molecule has 1 aliphatic rings. The third-order valence-corrected chi connectivity index (χ3v) is 4.81. The highest BCUT2D eigenvalue weighted by molar-refractivity contribution is 4.75. The van der Waals surface area contributed by atoms with Crippen molar-refractivity contribution < 1.29 is 0 Å². The van der Waals surface area contributed by atoms with E-state index in [0.717, 1.165) is 17.9 Å². The van der Waals surface area contributed by atoms with Crippen LogP contribution in [0.5, 0.6) is 0 Å². The maximum absolute atomic E-state index is 2.76. The van der Waals surface area contributed by atoms with Crippen LogP contribution in [0.4, 0.5) is 0 Å². The Labute approximate surface area is 134 Å². The van der Waals surface area contributed by atoms with Crippen LogP contribution in [0.25, 0.3) is 0 Å². The standard InChI is InChI=1S/C19H40N2/c1-17(2)10-6-7-14-21(15-11-18(3)4)19(5)16-20-12-8-9-13-20/h17-19H,6-16H2,1-5H3. The molecule has 1 rings (SSSR count). The zero-order valence-electron chi connectivity index (χ0n) is 15.4. The number of hydrogen-bond acceptors (Lipinski definition) is 2. The van der Waals surface area contributed by atoms with Crippen molar-refractivity contribution in [3.63, 3.8) is 0 Å². The smallest absolute Gasteiger partial charge is 0.0194 e. The maximum atomic E-state index is 2.76. The highest BCUT2D eigenvalue weighted by Crippen LogP contribution is 2.14. The lowest BCUT2D eigenvalue weighted by Crippen LogP contribution is -2.42. The van der Waals surface area contributed by atoms with Crippen molar-refractivity contribution in [1.29, 1.82) is 0 Å². The van der Waals surface area contributed by atoms with Crippen molar-refractivity contribution in [2.24, 2.45) is 11.8 Å². The summed E-state index contributed by atoms with van der Waals surface area (Å²) in [6.07, 6.45) is 8.32. The first-order valence-electron chi connectivity index (χ1n) is 9.45. The molecule has 0 aliphatic carbocycles. The number of nitrogens with zero attached hydrogens (tertiary/aromatic N) is 2. The molecule has 1 saturated heterocycles. The number of unbranched alkanes of at least 4 members (excludes halogenated alkanes) is 1. The molecule has 1 fully saturated rings. The molecule has 0 bridgehead atoms. The maximum Gasteiger partial charge on any atom is 0.0194 e. The number of likely N-dealkylation sites (tertiary alicyclic amines) is 1. The highest BCUT2D eigenvalue weighted by Gasteiger charge is 2.19. The van der Waals surface area contributed by atoms with Gasteiger partial charge in [-0.1, -0.05) is 40.5 Å². The van der Waals surface area contributed by atoms with E-state index >= 15 is 0 Å². The van der Waals surface area contributed by atoms with Crippen LogP contribution in [0.3, 0.4) is 0 Å². The highest BCUT2D eigenvalue weighted by atomic mass is 15.2. The molecule has 1 unspecified atom stereocenters. The van der Waals surface area contributed by atoms with Gasteiger partial charge in [0.1, 0.15) is 0 Å². The minimum atomic E-state index is 0.723. The topological polar surface area (TPSA) is 6.48 Å². The molecule has 0 aromatic rings. The van der Waals surface area contributed by atoms with Gasteiger partial charge in [-0.05, 0) is 70.6 Å². The van der Waals surface area contributed by atoms with Crippen molar-refractivity contribution in [2.75, 3.05) is 32.7 Å². The molecule has 1 heterocycles. The lowest BCUT2D eigenvalue weighted by molar-refractivity contribution is 0.152. The van der Waals surface area contributed by atoms with Gasteiger partial charge in [0.2, 0.25) is 0 Å². The van der Waals surface area contributed by atoms with E-state index < -0.39 is 0 Å². The van der Waals surface area contributed by atoms with Crippen molar-refractivity contribution in [1.82, 2.24) is 9.80 Å². The molecule has 21 heavy (non-hydrogen) atoms. The summed E-state index contributed by atoms with van der Waals surface area (Å²) >= 11 is 0. The molecule has 126 valence electrons. The third-order valence-electron chi connectivity index (χ3n) is 4.81. The Morgan fingerprint density at radius 3 is 2.00 bits per heavy atom. The Morgan fingerprint density at radius 1 is 0.810 bits per heavy atom. The van der Waals surface area contributed by atoms with Crippen molar-refractivity contribution >= 4 is 0 Å². The molecule has 0 N–H and O–H groups in total. The molecule has 0 radical (unpaired) electrons. The van der Waals surface area contributed by atoms with Crippen LogP contribution in [0.1, 0.15) is 73.1 Å². The first kappa shape index (κ1) is 19.0. The van der Waals surface area contributed by atoms with Crippen molar-refractivity contribution in [3.8, 4) is 0 Å². The minimum Gasteiger partial charge on any atom is -0.302 e. The molecular weight excluding hydrogens is 256 g/mol. The van der Waals surface area contributed by atoms with Crippen molar-refractivity contribution in [2.45, 2.75) is 79.2 Å². The second kappa shape index (κ2) is 10.6. The average molecular weight is 297 g/mol. The Balaban J connectivity index is 2.33. The Kier molecular flexibility index (Phi) is 9.59. The zero-order chi connectivity index (χ0) is 15.7. The fourth-order valence-electron chi connectivity index (χ4n) is 3.30. The van der Waals surface area contributed by atoms with E-state index in [1.54, 1.807) is 0 Å². The van der Waals surface area contributed by atoms with Gasteiger partial charge in [-0.15, -0.1) is 0 Å². The zero-order valence-corrected chi connectivity index (χ0v) is 15.4. The van der Waals surface area contributed by atoms with Gasteiger partial charge in [0.25, 0.3) is 0 Å². The summed E-state index contributed by atoms with van der Waals surface area (Å²) in [5, 5.41) is 0. The van der Waals surface area contributed by atoms with E-state index in [9.17, 15) is 0 Å². The van der Waals surface area contributed by atoms with E-state index in [4.69, 9.17) is 0 Å². The molecule has 2 nitrogen and oxygen atoms in total. The van der Waals surface area contributed by atoms with Gasteiger partial charge in [-0.25, -0.2) is 0 Å². The summed E-state index contributed by atoms with van der Waals surface area (Å²) in [4.78, 5) is 5.43. The van der Waals surface area contributed by atoms with E-state index in [0.29, 0.717) is 0 Å². The van der Waals surface area contributed by atoms with E-state index in [1.165, 1.54) is 71.2 Å². The van der Waals surface area contributed by atoms with Crippen LogP contribution < -0.4 is 0 Å². The molecule has 0 saturated carbocycles. The molecule has 1 atom stereocenters. The quantitative estimate of drug-likeness (QED) is 0.512. The lowest BCUT2D eigenvalue weighted by atomic mass is 10.1. The summed E-state index contributed by atoms with van der Waals surface area (Å²) < 4.78 is 0.